The van der Waals surface area contributed by atoms with E-state index < -0.39 is 11.9 Å². The zero-order valence-corrected chi connectivity index (χ0v) is 17.0. The number of fused-ring (bicyclic) bond motifs is 1. The number of aromatic nitrogens is 1. The van der Waals surface area contributed by atoms with E-state index >= 15 is 0 Å². The highest BCUT2D eigenvalue weighted by atomic mass is 16.5. The number of anilines is 1. The van der Waals surface area contributed by atoms with Crippen LogP contribution in [-0.2, 0) is 30.3 Å². The minimum Gasteiger partial charge on any atom is -0.465 e. The van der Waals surface area contributed by atoms with Gasteiger partial charge in [0.05, 0.1) is 26.4 Å². The Morgan fingerprint density at radius 1 is 1.00 bits per heavy atom. The van der Waals surface area contributed by atoms with Crippen molar-refractivity contribution in [3.63, 3.8) is 0 Å². The third kappa shape index (κ3) is 3.95. The van der Waals surface area contributed by atoms with Crippen molar-refractivity contribution in [3.8, 4) is 0 Å². The highest BCUT2D eigenvalue weighted by molar-refractivity contribution is 6.05. The minimum atomic E-state index is -0.629. The van der Waals surface area contributed by atoms with E-state index in [0.717, 1.165) is 28.8 Å². The maximum Gasteiger partial charge on any atom is 0.355 e. The zero-order chi connectivity index (χ0) is 21.0. The first-order valence-electron chi connectivity index (χ1n) is 9.15. The van der Waals surface area contributed by atoms with E-state index in [-0.39, 0.29) is 11.3 Å². The van der Waals surface area contributed by atoms with Crippen LogP contribution in [0.1, 0.15) is 5.69 Å². The Labute approximate surface area is 169 Å². The van der Waals surface area contributed by atoms with E-state index in [1.165, 1.54) is 14.2 Å². The Kier molecular flexibility index (Phi) is 6.19. The standard InChI is InChI=1S/C22H24N2O5/c1-15-13-16-14-17(8-9-19(16)23(15)11-12-27-2)24-10-6-5-7-18(21(25)28-3)20(24)22(26)29-4/h5-10,13-14H,11-12H2,1-4H3. The average Bonchev–Trinajstić information content (AvgIpc) is 2.90. The van der Waals surface area contributed by atoms with Gasteiger partial charge in [0, 0.05) is 42.1 Å². The van der Waals surface area contributed by atoms with Crippen LogP contribution >= 0.6 is 0 Å². The number of allylic oxidation sites excluding steroid dienone is 2. The molecule has 0 N–H and O–H groups in total. The molecule has 2 heterocycles. The van der Waals surface area contributed by atoms with Crippen molar-refractivity contribution in [2.75, 3.05) is 32.8 Å². The third-order valence-electron chi connectivity index (χ3n) is 4.78. The molecule has 7 nitrogen and oxygen atoms in total. The largest absolute Gasteiger partial charge is 0.465 e. The number of nitrogens with zero attached hydrogens (tertiary/aromatic N) is 2. The fraction of sp³-hybridized carbons (Fsp3) is 0.273. The first-order valence-corrected chi connectivity index (χ1v) is 9.15. The second-order valence-corrected chi connectivity index (χ2v) is 6.49. The van der Waals surface area contributed by atoms with Crippen LogP contribution in [0.3, 0.4) is 0 Å². The second-order valence-electron chi connectivity index (χ2n) is 6.49. The Bertz CT molecular complexity index is 1030. The second kappa shape index (κ2) is 8.79. The molecule has 0 aliphatic carbocycles. The molecular weight excluding hydrogens is 372 g/mol. The van der Waals surface area contributed by atoms with E-state index in [4.69, 9.17) is 14.2 Å². The van der Waals surface area contributed by atoms with Gasteiger partial charge in [-0.05, 0) is 43.3 Å². The average molecular weight is 396 g/mol. The fourth-order valence-electron chi connectivity index (χ4n) is 3.39. The highest BCUT2D eigenvalue weighted by Crippen LogP contribution is 2.30. The lowest BCUT2D eigenvalue weighted by Gasteiger charge is -2.23. The van der Waals surface area contributed by atoms with Gasteiger partial charge in [-0.25, -0.2) is 9.59 Å². The van der Waals surface area contributed by atoms with Gasteiger partial charge < -0.3 is 23.7 Å². The molecular formula is C22H24N2O5. The smallest absolute Gasteiger partial charge is 0.355 e. The van der Waals surface area contributed by atoms with Crippen LogP contribution < -0.4 is 4.90 Å². The molecule has 2 aromatic rings. The van der Waals surface area contributed by atoms with Gasteiger partial charge in [-0.1, -0.05) is 6.08 Å². The van der Waals surface area contributed by atoms with E-state index in [1.807, 2.05) is 25.1 Å². The molecule has 0 fully saturated rings. The van der Waals surface area contributed by atoms with Crippen LogP contribution in [0.15, 0.2) is 60.0 Å². The summed E-state index contributed by atoms with van der Waals surface area (Å²) >= 11 is 0. The lowest BCUT2D eigenvalue weighted by molar-refractivity contribution is -0.139. The number of carbonyl (C=O) groups is 2. The summed E-state index contributed by atoms with van der Waals surface area (Å²) in [6, 6.07) is 7.95. The van der Waals surface area contributed by atoms with E-state index in [9.17, 15) is 9.59 Å². The minimum absolute atomic E-state index is 0.0965. The predicted molar refractivity (Wildman–Crippen MR) is 110 cm³/mol. The van der Waals surface area contributed by atoms with Gasteiger partial charge in [-0.2, -0.15) is 0 Å². The zero-order valence-electron chi connectivity index (χ0n) is 17.0. The van der Waals surface area contributed by atoms with Crippen molar-refractivity contribution in [3.05, 3.63) is 65.7 Å². The molecule has 0 saturated heterocycles. The molecule has 1 aromatic carbocycles. The molecule has 1 aliphatic rings. The molecule has 3 rings (SSSR count). The van der Waals surface area contributed by atoms with Crippen LogP contribution in [0.4, 0.5) is 5.69 Å². The van der Waals surface area contributed by atoms with Crippen molar-refractivity contribution in [1.29, 1.82) is 0 Å². The summed E-state index contributed by atoms with van der Waals surface area (Å²) in [7, 11) is 4.24. The molecule has 0 unspecified atom stereocenters. The summed E-state index contributed by atoms with van der Waals surface area (Å²) < 4.78 is 17.2. The first-order chi connectivity index (χ1) is 14.0. The number of aryl methyl sites for hydroxylation is 1. The van der Waals surface area contributed by atoms with Gasteiger partial charge in [0.2, 0.25) is 0 Å². The third-order valence-corrected chi connectivity index (χ3v) is 4.78. The van der Waals surface area contributed by atoms with Gasteiger partial charge in [-0.3, -0.25) is 0 Å². The number of methoxy groups -OCH3 is 3. The molecule has 0 spiro atoms. The summed E-state index contributed by atoms with van der Waals surface area (Å²) in [5.74, 6) is -1.24. The van der Waals surface area contributed by atoms with Crippen LogP contribution in [0.2, 0.25) is 0 Å². The lowest BCUT2D eigenvalue weighted by Crippen LogP contribution is -2.26. The normalized spacial score (nSPS) is 13.7. The topological polar surface area (TPSA) is 70.0 Å². The molecule has 0 saturated carbocycles. The number of esters is 2. The summed E-state index contributed by atoms with van der Waals surface area (Å²) in [5.41, 5.74) is 3.12. The fourth-order valence-corrected chi connectivity index (χ4v) is 3.39. The number of ether oxygens (including phenoxy) is 3. The number of benzene rings is 1. The lowest BCUT2D eigenvalue weighted by atomic mass is 10.1. The van der Waals surface area contributed by atoms with Gasteiger partial charge in [-0.15, -0.1) is 0 Å². The summed E-state index contributed by atoms with van der Waals surface area (Å²) in [6.07, 6.45) is 6.68. The van der Waals surface area contributed by atoms with Crippen molar-refractivity contribution in [2.45, 2.75) is 13.5 Å². The number of carbonyl (C=O) groups excluding carboxylic acids is 2. The quantitative estimate of drug-likeness (QED) is 0.699. The van der Waals surface area contributed by atoms with Crippen molar-refractivity contribution in [1.82, 2.24) is 4.57 Å². The summed E-state index contributed by atoms with van der Waals surface area (Å²) in [5, 5.41) is 1.02. The van der Waals surface area contributed by atoms with Gasteiger partial charge in [0.15, 0.2) is 0 Å². The molecule has 1 aromatic heterocycles. The molecule has 1 aliphatic heterocycles. The molecule has 0 bridgehead atoms. The van der Waals surface area contributed by atoms with Crippen LogP contribution in [0.25, 0.3) is 10.9 Å². The van der Waals surface area contributed by atoms with E-state index in [0.29, 0.717) is 6.61 Å². The van der Waals surface area contributed by atoms with Crippen molar-refractivity contribution in [2.24, 2.45) is 0 Å². The monoisotopic (exact) mass is 396 g/mol. The van der Waals surface area contributed by atoms with Gasteiger partial charge >= 0.3 is 11.9 Å². The Hall–Kier alpha value is -3.32. The van der Waals surface area contributed by atoms with Gasteiger partial charge in [0.25, 0.3) is 0 Å². The van der Waals surface area contributed by atoms with Crippen molar-refractivity contribution < 1.29 is 23.8 Å². The van der Waals surface area contributed by atoms with Gasteiger partial charge in [0.1, 0.15) is 5.70 Å². The van der Waals surface area contributed by atoms with Crippen LogP contribution in [0.5, 0.6) is 0 Å². The molecule has 7 heteroatoms. The number of hydrogen-bond acceptors (Lipinski definition) is 6. The Morgan fingerprint density at radius 3 is 2.45 bits per heavy atom. The SMILES string of the molecule is COCCn1c(C)cc2cc(N3C=CC=CC(C(=O)OC)=C3C(=O)OC)ccc21. The number of rotatable bonds is 6. The van der Waals surface area contributed by atoms with Crippen LogP contribution in [0, 0.1) is 6.92 Å². The van der Waals surface area contributed by atoms with E-state index in [1.54, 1.807) is 36.4 Å². The molecule has 0 amide bonds. The Morgan fingerprint density at radius 2 is 1.76 bits per heavy atom. The van der Waals surface area contributed by atoms with Crippen molar-refractivity contribution >= 4 is 28.5 Å². The van der Waals surface area contributed by atoms with Crippen LogP contribution in [-0.4, -0.2) is 44.4 Å². The molecule has 29 heavy (non-hydrogen) atoms. The number of hydrogen-bond donors (Lipinski definition) is 0. The maximum absolute atomic E-state index is 12.6. The molecule has 152 valence electrons. The molecule has 0 radical (unpaired) electrons. The summed E-state index contributed by atoms with van der Waals surface area (Å²) in [4.78, 5) is 26.5. The highest BCUT2D eigenvalue weighted by Gasteiger charge is 2.27. The Balaban J connectivity index is 2.13. The first kappa shape index (κ1) is 20.4. The summed E-state index contributed by atoms with van der Waals surface area (Å²) in [6.45, 7) is 3.41. The maximum atomic E-state index is 12.6. The molecule has 0 atom stereocenters. The van der Waals surface area contributed by atoms with E-state index in [2.05, 4.69) is 10.6 Å². The predicted octanol–water partition coefficient (Wildman–Crippen LogP) is 3.09.